The van der Waals surface area contributed by atoms with E-state index in [1.165, 1.54) is 27.7 Å². The summed E-state index contributed by atoms with van der Waals surface area (Å²) in [6.07, 6.45) is 2.31. The number of likely N-dealkylation sites (tertiary alicyclic amines) is 1. The van der Waals surface area contributed by atoms with Crippen LogP contribution in [0, 0.1) is 6.92 Å². The van der Waals surface area contributed by atoms with Crippen LogP contribution in [0.1, 0.15) is 24.6 Å². The zero-order valence-corrected chi connectivity index (χ0v) is 17.7. The van der Waals surface area contributed by atoms with Crippen LogP contribution in [0.15, 0.2) is 54.6 Å². The van der Waals surface area contributed by atoms with Gasteiger partial charge in [0.05, 0.1) is 0 Å². The van der Waals surface area contributed by atoms with E-state index < -0.39 is 0 Å². The van der Waals surface area contributed by atoms with Gasteiger partial charge in [-0.2, -0.15) is 0 Å². The first-order chi connectivity index (χ1) is 14.7. The second-order valence-corrected chi connectivity index (χ2v) is 8.51. The average Bonchev–Trinajstić information content (AvgIpc) is 3.33. The van der Waals surface area contributed by atoms with E-state index in [1.54, 1.807) is 0 Å². The van der Waals surface area contributed by atoms with Crippen molar-refractivity contribution in [3.05, 3.63) is 60.3 Å². The predicted molar refractivity (Wildman–Crippen MR) is 122 cm³/mol. The van der Waals surface area contributed by atoms with Gasteiger partial charge in [-0.1, -0.05) is 48.5 Å². The van der Waals surface area contributed by atoms with Crippen molar-refractivity contribution in [1.82, 2.24) is 19.7 Å². The molecule has 1 aromatic heterocycles. The first-order valence-electron chi connectivity index (χ1n) is 11.1. The summed E-state index contributed by atoms with van der Waals surface area (Å²) in [5, 5.41) is 4.24. The highest BCUT2D eigenvalue weighted by atomic mass is 16.2. The molecule has 2 amide bonds. The number of hydrogen-bond donors (Lipinski definition) is 1. The van der Waals surface area contributed by atoms with Crippen LogP contribution in [0.2, 0.25) is 0 Å². The molecule has 0 saturated carbocycles. The standard InChI is InChI=1S/C25H30N4O/c1-19-24(20-7-3-2-4-8-20)22-9-5-6-10-23(22)29(19)21-11-14-27(15-12-21)17-18-28-16-13-26-25(28)30/h2-10,21H,11-18H2,1H3,(H,26,30). The fourth-order valence-corrected chi connectivity index (χ4v) is 5.22. The minimum absolute atomic E-state index is 0.0905. The number of carbonyl (C=O) groups is 1. The number of amides is 2. The lowest BCUT2D eigenvalue weighted by atomic mass is 10.0. The van der Waals surface area contributed by atoms with Crippen LogP contribution in [0.4, 0.5) is 4.79 Å². The molecule has 30 heavy (non-hydrogen) atoms. The molecule has 0 aliphatic carbocycles. The molecule has 0 unspecified atom stereocenters. The average molecular weight is 403 g/mol. The van der Waals surface area contributed by atoms with Crippen LogP contribution in [0.5, 0.6) is 0 Å². The zero-order chi connectivity index (χ0) is 20.5. The van der Waals surface area contributed by atoms with Gasteiger partial charge in [0, 0.05) is 67.5 Å². The number of rotatable bonds is 5. The molecule has 0 bridgehead atoms. The van der Waals surface area contributed by atoms with E-state index in [2.05, 4.69) is 76.3 Å². The van der Waals surface area contributed by atoms with Crippen LogP contribution in [-0.4, -0.2) is 59.7 Å². The maximum Gasteiger partial charge on any atom is 0.317 e. The second kappa shape index (κ2) is 8.15. The largest absolute Gasteiger partial charge is 0.341 e. The quantitative estimate of drug-likeness (QED) is 0.692. The highest BCUT2D eigenvalue weighted by molar-refractivity contribution is 5.98. The number of nitrogens with one attached hydrogen (secondary N) is 1. The number of hydrogen-bond acceptors (Lipinski definition) is 2. The monoisotopic (exact) mass is 402 g/mol. The fraction of sp³-hybridized carbons (Fsp3) is 0.400. The number of urea groups is 1. The van der Waals surface area contributed by atoms with Crippen molar-refractivity contribution in [3.63, 3.8) is 0 Å². The van der Waals surface area contributed by atoms with Gasteiger partial charge < -0.3 is 19.7 Å². The SMILES string of the molecule is Cc1c(-c2ccccc2)c2ccccc2n1C1CCN(CCN2CCNC2=O)CC1. The van der Waals surface area contributed by atoms with Gasteiger partial charge >= 0.3 is 6.03 Å². The molecular formula is C25H30N4O. The van der Waals surface area contributed by atoms with Crippen molar-refractivity contribution in [2.45, 2.75) is 25.8 Å². The Labute approximate surface area is 178 Å². The van der Waals surface area contributed by atoms with Gasteiger partial charge in [0.25, 0.3) is 0 Å². The molecule has 3 aromatic rings. The fourth-order valence-electron chi connectivity index (χ4n) is 5.22. The summed E-state index contributed by atoms with van der Waals surface area (Å²) < 4.78 is 2.59. The van der Waals surface area contributed by atoms with E-state index in [0.29, 0.717) is 6.04 Å². The molecule has 2 aliphatic rings. The third kappa shape index (κ3) is 3.47. The van der Waals surface area contributed by atoms with Crippen LogP contribution < -0.4 is 5.32 Å². The lowest BCUT2D eigenvalue weighted by Crippen LogP contribution is -2.41. The Hall–Kier alpha value is -2.79. The molecule has 156 valence electrons. The van der Waals surface area contributed by atoms with E-state index in [-0.39, 0.29) is 6.03 Å². The number of benzene rings is 2. The Morgan fingerprint density at radius 1 is 0.933 bits per heavy atom. The Morgan fingerprint density at radius 2 is 1.67 bits per heavy atom. The molecule has 5 rings (SSSR count). The molecule has 2 fully saturated rings. The first-order valence-corrected chi connectivity index (χ1v) is 11.1. The number of carbonyl (C=O) groups excluding carboxylic acids is 1. The lowest BCUT2D eigenvalue weighted by Gasteiger charge is -2.34. The zero-order valence-electron chi connectivity index (χ0n) is 17.7. The number of nitrogens with zero attached hydrogens (tertiary/aromatic N) is 3. The summed E-state index contributed by atoms with van der Waals surface area (Å²) in [5.74, 6) is 0. The van der Waals surface area contributed by atoms with Gasteiger partial charge in [-0.25, -0.2) is 4.79 Å². The highest BCUT2D eigenvalue weighted by Crippen LogP contribution is 2.38. The highest BCUT2D eigenvalue weighted by Gasteiger charge is 2.26. The van der Waals surface area contributed by atoms with Crippen molar-refractivity contribution in [2.24, 2.45) is 0 Å². The van der Waals surface area contributed by atoms with Gasteiger partial charge in [0.2, 0.25) is 0 Å². The summed E-state index contributed by atoms with van der Waals surface area (Å²) in [7, 11) is 0. The van der Waals surface area contributed by atoms with Crippen LogP contribution in [-0.2, 0) is 0 Å². The van der Waals surface area contributed by atoms with Crippen LogP contribution >= 0.6 is 0 Å². The molecule has 0 spiro atoms. The normalized spacial score (nSPS) is 18.3. The Bertz CT molecular complexity index is 1030. The van der Waals surface area contributed by atoms with E-state index in [4.69, 9.17) is 0 Å². The maximum absolute atomic E-state index is 11.8. The van der Waals surface area contributed by atoms with Crippen molar-refractivity contribution in [1.29, 1.82) is 0 Å². The lowest BCUT2D eigenvalue weighted by molar-refractivity contribution is 0.167. The minimum atomic E-state index is 0.0905. The van der Waals surface area contributed by atoms with Gasteiger partial charge in [-0.15, -0.1) is 0 Å². The molecule has 5 heteroatoms. The smallest absolute Gasteiger partial charge is 0.317 e. The van der Waals surface area contributed by atoms with E-state index in [1.807, 2.05) is 4.90 Å². The van der Waals surface area contributed by atoms with Crippen molar-refractivity contribution in [3.8, 4) is 11.1 Å². The van der Waals surface area contributed by atoms with Crippen molar-refractivity contribution in [2.75, 3.05) is 39.3 Å². The summed E-state index contributed by atoms with van der Waals surface area (Å²) >= 11 is 0. The molecule has 0 radical (unpaired) electrons. The van der Waals surface area contributed by atoms with E-state index in [0.717, 1.165) is 52.1 Å². The van der Waals surface area contributed by atoms with Crippen LogP contribution in [0.3, 0.4) is 0 Å². The summed E-state index contributed by atoms with van der Waals surface area (Å²) in [6, 6.07) is 20.2. The molecule has 5 nitrogen and oxygen atoms in total. The predicted octanol–water partition coefficient (Wildman–Crippen LogP) is 4.28. The molecule has 2 aromatic carbocycles. The number of fused-ring (bicyclic) bond motifs is 1. The Morgan fingerprint density at radius 3 is 2.40 bits per heavy atom. The minimum Gasteiger partial charge on any atom is -0.341 e. The van der Waals surface area contributed by atoms with Crippen molar-refractivity contribution < 1.29 is 4.79 Å². The molecule has 2 saturated heterocycles. The number of aromatic nitrogens is 1. The third-order valence-corrected chi connectivity index (χ3v) is 6.77. The van der Waals surface area contributed by atoms with Gasteiger partial charge in [-0.3, -0.25) is 0 Å². The Kier molecular flexibility index (Phi) is 5.21. The van der Waals surface area contributed by atoms with E-state index >= 15 is 0 Å². The number of para-hydroxylation sites is 1. The summed E-state index contributed by atoms with van der Waals surface area (Å²) in [6.45, 7) is 7.89. The molecule has 1 N–H and O–H groups in total. The molecule has 2 aliphatic heterocycles. The van der Waals surface area contributed by atoms with Crippen LogP contribution in [0.25, 0.3) is 22.0 Å². The summed E-state index contributed by atoms with van der Waals surface area (Å²) in [4.78, 5) is 16.2. The topological polar surface area (TPSA) is 40.5 Å². The van der Waals surface area contributed by atoms with Gasteiger partial charge in [0.1, 0.15) is 0 Å². The second-order valence-electron chi connectivity index (χ2n) is 8.51. The van der Waals surface area contributed by atoms with Gasteiger partial charge in [-0.05, 0) is 31.4 Å². The van der Waals surface area contributed by atoms with Gasteiger partial charge in [0.15, 0.2) is 0 Å². The third-order valence-electron chi connectivity index (χ3n) is 6.77. The molecule has 3 heterocycles. The van der Waals surface area contributed by atoms with E-state index in [9.17, 15) is 4.79 Å². The molecule has 0 atom stereocenters. The number of piperidine rings is 1. The Balaban J connectivity index is 1.35. The first kappa shape index (κ1) is 19.2. The maximum atomic E-state index is 11.8. The van der Waals surface area contributed by atoms with Crippen molar-refractivity contribution >= 4 is 16.9 Å². The summed E-state index contributed by atoms with van der Waals surface area (Å²) in [5.41, 5.74) is 5.38. The molecular weight excluding hydrogens is 372 g/mol.